The normalized spacial score (nSPS) is 25.9. The second kappa shape index (κ2) is 5.13. The Labute approximate surface area is 102 Å². The highest BCUT2D eigenvalue weighted by Crippen LogP contribution is 2.34. The molecule has 1 saturated carbocycles. The molecule has 4 heteroatoms. The van der Waals surface area contributed by atoms with Gasteiger partial charge in [-0.3, -0.25) is 5.10 Å². The van der Waals surface area contributed by atoms with Gasteiger partial charge in [-0.15, -0.1) is 0 Å². The van der Waals surface area contributed by atoms with Crippen LogP contribution < -0.4 is 0 Å². The summed E-state index contributed by atoms with van der Waals surface area (Å²) in [5.41, 5.74) is 0. The number of nitrogens with zero attached hydrogens (tertiary/aromatic N) is 2. The van der Waals surface area contributed by atoms with E-state index in [1.54, 1.807) is 0 Å². The number of nitrogens with one attached hydrogen (secondary N) is 1. The zero-order valence-corrected chi connectivity index (χ0v) is 11.0. The maximum Gasteiger partial charge on any atom is 0.195 e. The first-order chi connectivity index (χ1) is 7.76. The molecule has 1 aromatic rings. The number of rotatable bonds is 3. The van der Waals surface area contributed by atoms with Gasteiger partial charge in [0.05, 0.1) is 0 Å². The molecule has 1 aliphatic carbocycles. The van der Waals surface area contributed by atoms with Crippen molar-refractivity contribution < 1.29 is 0 Å². The van der Waals surface area contributed by atoms with E-state index in [0.29, 0.717) is 6.04 Å². The Kier molecular flexibility index (Phi) is 3.79. The zero-order chi connectivity index (χ0) is 11.5. The Balaban J connectivity index is 2.22. The number of hydrogen-bond acceptors (Lipinski definition) is 2. The van der Waals surface area contributed by atoms with Crippen LogP contribution in [-0.4, -0.2) is 14.8 Å². The first-order valence-electron chi connectivity index (χ1n) is 6.42. The molecule has 0 amide bonds. The van der Waals surface area contributed by atoms with E-state index in [0.717, 1.165) is 22.9 Å². The van der Waals surface area contributed by atoms with Crippen LogP contribution in [0, 0.1) is 10.7 Å². The van der Waals surface area contributed by atoms with Crippen molar-refractivity contribution in [3.63, 3.8) is 0 Å². The monoisotopic (exact) mass is 239 g/mol. The van der Waals surface area contributed by atoms with Crippen LogP contribution in [0.3, 0.4) is 0 Å². The fourth-order valence-electron chi connectivity index (χ4n) is 2.83. The molecule has 1 fully saturated rings. The standard InChI is InChI=1S/C12H21N3S/c1-3-9-6-5-7-10(8-9)15-11(4-2)13-14-12(15)16/h9-10H,3-8H2,1-2H3,(H,14,16). The molecule has 1 aliphatic rings. The van der Waals surface area contributed by atoms with Crippen molar-refractivity contribution in [3.8, 4) is 0 Å². The Morgan fingerprint density at radius 2 is 2.25 bits per heavy atom. The number of aromatic nitrogens is 3. The third-order valence-corrected chi connectivity index (χ3v) is 4.08. The van der Waals surface area contributed by atoms with Gasteiger partial charge in [0.1, 0.15) is 5.82 Å². The van der Waals surface area contributed by atoms with Crippen LogP contribution >= 0.6 is 12.2 Å². The van der Waals surface area contributed by atoms with Gasteiger partial charge in [0.25, 0.3) is 0 Å². The second-order valence-electron chi connectivity index (χ2n) is 4.76. The summed E-state index contributed by atoms with van der Waals surface area (Å²) >= 11 is 5.34. The molecule has 3 nitrogen and oxygen atoms in total. The van der Waals surface area contributed by atoms with E-state index in [4.69, 9.17) is 12.2 Å². The molecule has 2 rings (SSSR count). The summed E-state index contributed by atoms with van der Waals surface area (Å²) in [6.45, 7) is 4.43. The van der Waals surface area contributed by atoms with Crippen LogP contribution in [0.5, 0.6) is 0 Å². The van der Waals surface area contributed by atoms with Crippen molar-refractivity contribution in [1.82, 2.24) is 14.8 Å². The lowest BCUT2D eigenvalue weighted by atomic mass is 9.84. The minimum atomic E-state index is 0.583. The van der Waals surface area contributed by atoms with Crippen LogP contribution in [0.4, 0.5) is 0 Å². The first-order valence-corrected chi connectivity index (χ1v) is 6.82. The Bertz CT molecular complexity index is 393. The van der Waals surface area contributed by atoms with E-state index >= 15 is 0 Å². The largest absolute Gasteiger partial charge is 0.301 e. The second-order valence-corrected chi connectivity index (χ2v) is 5.15. The summed E-state index contributed by atoms with van der Waals surface area (Å²) in [5.74, 6) is 1.99. The molecule has 1 aromatic heterocycles. The number of aromatic amines is 1. The molecule has 2 unspecified atom stereocenters. The molecule has 0 aliphatic heterocycles. The van der Waals surface area contributed by atoms with E-state index in [9.17, 15) is 0 Å². The lowest BCUT2D eigenvalue weighted by Gasteiger charge is -2.29. The van der Waals surface area contributed by atoms with Crippen LogP contribution in [0.1, 0.15) is 57.8 Å². The lowest BCUT2D eigenvalue weighted by Crippen LogP contribution is -2.20. The summed E-state index contributed by atoms with van der Waals surface area (Å²) in [5, 5.41) is 7.24. The average molecular weight is 239 g/mol. The fraction of sp³-hybridized carbons (Fsp3) is 0.833. The van der Waals surface area contributed by atoms with E-state index in [1.165, 1.54) is 32.1 Å². The SMILES string of the molecule is CCc1n[nH]c(=S)n1C1CCCC(CC)C1. The van der Waals surface area contributed by atoms with Gasteiger partial charge in [0.15, 0.2) is 4.77 Å². The van der Waals surface area contributed by atoms with Gasteiger partial charge >= 0.3 is 0 Å². The molecule has 0 radical (unpaired) electrons. The average Bonchev–Trinajstić information content (AvgIpc) is 2.70. The topological polar surface area (TPSA) is 33.6 Å². The number of H-pyrrole nitrogens is 1. The Morgan fingerprint density at radius 1 is 1.44 bits per heavy atom. The highest BCUT2D eigenvalue weighted by atomic mass is 32.1. The third-order valence-electron chi connectivity index (χ3n) is 3.79. The summed E-state index contributed by atoms with van der Waals surface area (Å²) in [4.78, 5) is 0. The third kappa shape index (κ3) is 2.21. The summed E-state index contributed by atoms with van der Waals surface area (Å²) in [6.07, 6.45) is 7.51. The maximum absolute atomic E-state index is 5.34. The quantitative estimate of drug-likeness (QED) is 0.817. The van der Waals surface area contributed by atoms with Crippen molar-refractivity contribution in [3.05, 3.63) is 10.6 Å². The molecular formula is C12H21N3S. The molecule has 2 atom stereocenters. The first kappa shape index (κ1) is 11.8. The van der Waals surface area contributed by atoms with E-state index in [-0.39, 0.29) is 0 Å². The molecule has 0 saturated heterocycles. The molecular weight excluding hydrogens is 218 g/mol. The predicted molar refractivity (Wildman–Crippen MR) is 68.1 cm³/mol. The molecule has 0 bridgehead atoms. The number of hydrogen-bond donors (Lipinski definition) is 1. The molecule has 0 aromatic carbocycles. The Hall–Kier alpha value is -0.640. The molecule has 0 spiro atoms. The smallest absolute Gasteiger partial charge is 0.195 e. The van der Waals surface area contributed by atoms with Crippen molar-refractivity contribution >= 4 is 12.2 Å². The van der Waals surface area contributed by atoms with Gasteiger partial charge < -0.3 is 4.57 Å². The minimum Gasteiger partial charge on any atom is -0.301 e. The van der Waals surface area contributed by atoms with E-state index < -0.39 is 0 Å². The molecule has 16 heavy (non-hydrogen) atoms. The van der Waals surface area contributed by atoms with Gasteiger partial charge in [-0.1, -0.05) is 33.1 Å². The van der Waals surface area contributed by atoms with Gasteiger partial charge in [-0.05, 0) is 31.0 Å². The highest BCUT2D eigenvalue weighted by Gasteiger charge is 2.24. The van der Waals surface area contributed by atoms with E-state index in [2.05, 4.69) is 28.6 Å². The predicted octanol–water partition coefficient (Wildman–Crippen LogP) is 3.64. The van der Waals surface area contributed by atoms with Crippen LogP contribution in [-0.2, 0) is 6.42 Å². The molecule has 1 heterocycles. The van der Waals surface area contributed by atoms with Crippen LogP contribution in [0.25, 0.3) is 0 Å². The summed E-state index contributed by atoms with van der Waals surface area (Å²) < 4.78 is 3.07. The van der Waals surface area contributed by atoms with Crippen LogP contribution in [0.2, 0.25) is 0 Å². The van der Waals surface area contributed by atoms with Gasteiger partial charge in [0, 0.05) is 12.5 Å². The number of aryl methyl sites for hydroxylation is 1. The molecule has 1 N–H and O–H groups in total. The molecule has 90 valence electrons. The van der Waals surface area contributed by atoms with Gasteiger partial charge in [-0.2, -0.15) is 5.10 Å². The maximum atomic E-state index is 5.34. The van der Waals surface area contributed by atoms with Crippen molar-refractivity contribution in [1.29, 1.82) is 0 Å². The van der Waals surface area contributed by atoms with Crippen molar-refractivity contribution in [2.45, 2.75) is 58.4 Å². The lowest BCUT2D eigenvalue weighted by molar-refractivity contribution is 0.256. The Morgan fingerprint density at radius 3 is 2.94 bits per heavy atom. The van der Waals surface area contributed by atoms with E-state index in [1.807, 2.05) is 0 Å². The zero-order valence-electron chi connectivity index (χ0n) is 10.2. The van der Waals surface area contributed by atoms with Crippen molar-refractivity contribution in [2.75, 3.05) is 0 Å². The summed E-state index contributed by atoms with van der Waals surface area (Å²) in [7, 11) is 0. The van der Waals surface area contributed by atoms with Crippen LogP contribution in [0.15, 0.2) is 0 Å². The summed E-state index contributed by atoms with van der Waals surface area (Å²) in [6, 6.07) is 0.583. The van der Waals surface area contributed by atoms with Crippen molar-refractivity contribution in [2.24, 2.45) is 5.92 Å². The fourth-order valence-corrected chi connectivity index (χ4v) is 3.13. The van der Waals surface area contributed by atoms with Gasteiger partial charge in [0.2, 0.25) is 0 Å². The minimum absolute atomic E-state index is 0.583. The highest BCUT2D eigenvalue weighted by molar-refractivity contribution is 7.71. The van der Waals surface area contributed by atoms with Gasteiger partial charge in [-0.25, -0.2) is 0 Å².